The Labute approximate surface area is 618 Å². The molecule has 0 radical (unpaired) electrons. The molecule has 0 atom stereocenters. The van der Waals surface area contributed by atoms with Gasteiger partial charge >= 0.3 is 0 Å². The van der Waals surface area contributed by atoms with Crippen LogP contribution in [-0.4, -0.2) is 22.2 Å². The van der Waals surface area contributed by atoms with Crippen molar-refractivity contribution in [1.29, 1.82) is 0 Å². The molecule has 2 aliphatic carbocycles. The maximum Gasteiger partial charge on any atom is 0.268 e. The van der Waals surface area contributed by atoms with Crippen molar-refractivity contribution in [3.05, 3.63) is 283 Å². The predicted molar refractivity (Wildman–Crippen MR) is 384 cm³/mol. The number of rotatable bonds is 11. The summed E-state index contributed by atoms with van der Waals surface area (Å²) in [5.74, 6) is 0.607. The van der Waals surface area contributed by atoms with Gasteiger partial charge in [0.15, 0.2) is 8.07 Å². The van der Waals surface area contributed by atoms with Crippen molar-refractivity contribution in [2.24, 2.45) is 0 Å². The van der Waals surface area contributed by atoms with Gasteiger partial charge in [-0.25, -0.2) is 4.98 Å². The fraction of sp³-hybridized carbons (Fsp3) is 0.233. The molecule has 5 nitrogen and oxygen atoms in total. The summed E-state index contributed by atoms with van der Waals surface area (Å²) in [7, 11) is -3.17. The van der Waals surface area contributed by atoms with Gasteiger partial charge in [0.25, 0.3) is 6.33 Å². The minimum Gasteiger partial charge on any atom is -0.510 e. The van der Waals surface area contributed by atoms with Gasteiger partial charge in [0.1, 0.15) is 5.82 Å². The monoisotopic (exact) mass is 1450 g/mol. The van der Waals surface area contributed by atoms with Crippen molar-refractivity contribution in [3.63, 3.8) is 0 Å². The molecule has 10 aromatic carbocycles. The third-order valence-corrected chi connectivity index (χ3v) is 21.9. The van der Waals surface area contributed by atoms with E-state index in [1.807, 2.05) is 77.4 Å². The van der Waals surface area contributed by atoms with Crippen molar-refractivity contribution in [3.8, 4) is 50.9 Å². The average molecular weight is 1450 g/mol. The summed E-state index contributed by atoms with van der Waals surface area (Å²) in [6, 6.07) is 54.1. The zero-order valence-electron chi connectivity index (χ0n) is 88.1. The zero-order valence-corrected chi connectivity index (χ0v) is 53.3. The van der Waals surface area contributed by atoms with E-state index in [0.29, 0.717) is 11.3 Å². The Balaban J connectivity index is 0.0000138. The first kappa shape index (κ1) is 32.0. The second kappa shape index (κ2) is 23.1. The van der Waals surface area contributed by atoms with Crippen molar-refractivity contribution >= 4 is 61.7 Å². The maximum atomic E-state index is 10.5. The van der Waals surface area contributed by atoms with Gasteiger partial charge in [-0.15, -0.1) is 29.7 Å². The third-order valence-electron chi connectivity index (χ3n) is 17.1. The number of hydrogen-bond donors (Lipinski definition) is 0. The van der Waals surface area contributed by atoms with E-state index >= 15 is 0 Å². The van der Waals surface area contributed by atoms with Gasteiger partial charge in [-0.3, -0.25) is 4.57 Å². The molecule has 3 aromatic heterocycles. The summed E-state index contributed by atoms with van der Waals surface area (Å²) in [6.45, 7) is -30.3. The van der Waals surface area contributed by atoms with Crippen LogP contribution in [0.15, 0.2) is 237 Å². The number of nitrogens with zero attached hydrogens (tertiary/aromatic N) is 4. The molecule has 0 N–H and O–H groups in total. The minimum absolute atomic E-state index is 0. The normalized spacial score (nSPS) is 24.8. The summed E-state index contributed by atoms with van der Waals surface area (Å²) in [5, 5.41) is 5.99. The van der Waals surface area contributed by atoms with Gasteiger partial charge in [0.2, 0.25) is 0 Å². The molecule has 0 unspecified atom stereocenters. The van der Waals surface area contributed by atoms with Crippen LogP contribution in [0.2, 0.25) is 0 Å². The van der Waals surface area contributed by atoms with Crippen LogP contribution in [0.5, 0.6) is 11.5 Å². The van der Waals surface area contributed by atoms with E-state index in [1.54, 1.807) is 12.3 Å². The number of para-hydroxylation sites is 3. The van der Waals surface area contributed by atoms with Crippen LogP contribution in [0.4, 0.5) is 0 Å². The van der Waals surface area contributed by atoms with Crippen LogP contribution < -0.4 is 30.1 Å². The first-order valence-corrected chi connectivity index (χ1v) is 31.5. The molecular weight excluding hydrogens is 1330 g/mol. The quantitative estimate of drug-likeness (QED) is 0.0560. The third kappa shape index (κ3) is 10.6. The smallest absolute Gasteiger partial charge is 0.268 e. The number of pyridine rings is 1. The Hall–Kier alpha value is -8.67. The van der Waals surface area contributed by atoms with Crippen molar-refractivity contribution < 1.29 is 82.5 Å². The van der Waals surface area contributed by atoms with Gasteiger partial charge in [0, 0.05) is 88.1 Å². The molecule has 15 rings (SSSR count). The van der Waals surface area contributed by atoms with Crippen LogP contribution in [0.25, 0.3) is 72.3 Å². The number of benzene rings is 10. The van der Waals surface area contributed by atoms with Crippen LogP contribution >= 0.6 is 0 Å². The number of fused-ring (bicyclic) bond motifs is 6. The zero-order chi connectivity index (χ0) is 95.9. The molecule has 0 fully saturated rings. The molecule has 0 spiro atoms. The van der Waals surface area contributed by atoms with E-state index in [0.717, 1.165) is 65.4 Å². The Morgan fingerprint density at radius 3 is 1.63 bits per heavy atom. The van der Waals surface area contributed by atoms with Gasteiger partial charge in [-0.05, 0) is 153 Å². The van der Waals surface area contributed by atoms with E-state index in [4.69, 9.17) is 42.6 Å². The van der Waals surface area contributed by atoms with Crippen molar-refractivity contribution in [2.45, 2.75) is 128 Å². The Bertz CT molecular complexity index is 6400. The van der Waals surface area contributed by atoms with E-state index < -0.39 is 196 Å². The second-order valence-corrected chi connectivity index (χ2v) is 27.9. The molecule has 7 heteroatoms. The molecule has 13 aromatic rings. The molecule has 0 saturated heterocycles. The molecule has 0 bridgehead atoms. The standard InChI is InChI=1S/C86H80N4OSi.Pt/c1-82(2,3)60-45-50-87-80(53-60)90-76-44-40-67(92(64-27-15-12-16-28-64,65-29-17-13-18-30-65)66-31-19-14-20-32-66)56-71(76)70-41-39-63(55-79(70)90)91-62-26-23-25-61(54-62)88-57-89(78-36-22-21-35-77(78)88)81-68(58-37-42-72-74(51-58)85(8,9)48-46-83(72,4)5)33-24-34-69(81)59-38-43-73-75(52-59)86(10,11)49-47-84(73,6)7;/h12-45,50-53,56H,46-49H2,1-11H3;/q-2;/i4D3,5D3,6D3,7D3,8D3,9D3,10D3,11D3,37D,38D,42D,43D,46D2,47D2,48D2,49D2,51D,52D;. The van der Waals surface area contributed by atoms with E-state index in [9.17, 15) is 19.2 Å². The minimum atomic E-state index is -4.87. The first-order valence-electron chi connectivity index (χ1n) is 48.5. The maximum absolute atomic E-state index is 10.5. The molecule has 0 amide bonds. The fourth-order valence-corrected chi connectivity index (χ4v) is 17.5. The molecule has 3 heterocycles. The molecule has 0 saturated carbocycles. The Kier molecular flexibility index (Phi) is 7.94. The summed E-state index contributed by atoms with van der Waals surface area (Å²) in [5.41, 5.74) is -30.2. The predicted octanol–water partition coefficient (Wildman–Crippen LogP) is 18.3. The van der Waals surface area contributed by atoms with Gasteiger partial charge in [0.05, 0.1) is 24.9 Å². The fourth-order valence-electron chi connectivity index (χ4n) is 12.7. The van der Waals surface area contributed by atoms with Crippen LogP contribution in [0.3, 0.4) is 0 Å². The van der Waals surface area contributed by atoms with Gasteiger partial charge < -0.3 is 13.9 Å². The number of aromatic nitrogens is 4. The van der Waals surface area contributed by atoms with E-state index in [-0.39, 0.29) is 54.7 Å². The number of hydrogen-bond acceptors (Lipinski definition) is 2. The van der Waals surface area contributed by atoms with Crippen LogP contribution in [0.1, 0.15) is 181 Å². The molecule has 0 aliphatic heterocycles. The van der Waals surface area contributed by atoms with Gasteiger partial charge in [-0.1, -0.05) is 263 Å². The summed E-state index contributed by atoms with van der Waals surface area (Å²) in [4.78, 5) is 4.96. The van der Waals surface area contributed by atoms with Crippen molar-refractivity contribution in [1.82, 2.24) is 14.1 Å². The van der Waals surface area contributed by atoms with E-state index in [2.05, 4.69) is 93.8 Å². The topological polar surface area (TPSA) is 35.9 Å². The SMILES string of the molecule is [2H]c1c([2H])c2c(c([2H])c1-c1cccc(-c3c([2H])c([2H])c4c(c3[2H])C(C([2H])([2H])[2H])(C([2H])([2H])[2H])C([2H])([2H])C([2H])([2H])C4(C([2H])([2H])[2H])C([2H])([2H])[2H])c1-[n+]1[c-]n(-c3[c-]c(Oc4[c-]c5c(cc4)c4cc([Si](c6ccccc6)(c6ccccc6)c6ccccc6)ccc4n5-c4cc(C(C)(C)C)ccn4)ccc3)c3ccccc31)C(C([2H])([2H])[2H])(C([2H])([2H])[2H])C([2H])([2H])C([2H])([2H])C2(C([2H])([2H])[2H])C([2H])([2H])[2H].[Pt]. The number of imidazole rings is 1. The summed E-state index contributed by atoms with van der Waals surface area (Å²) in [6.07, 6.45) is -14.5. The largest absolute Gasteiger partial charge is 0.510 e. The first-order chi connectivity index (χ1) is 59.8. The van der Waals surface area contributed by atoms with Gasteiger partial charge in [-0.2, -0.15) is 18.2 Å². The summed E-state index contributed by atoms with van der Waals surface area (Å²) >= 11 is 0. The average Bonchev–Trinajstić information content (AvgIpc) is 0.812. The number of ether oxygens (including phenoxy) is 1. The van der Waals surface area contributed by atoms with Crippen LogP contribution in [0, 0.1) is 18.5 Å². The van der Waals surface area contributed by atoms with Crippen LogP contribution in [-0.2, 0) is 48.1 Å². The van der Waals surface area contributed by atoms with Crippen molar-refractivity contribution in [2.75, 3.05) is 0 Å². The second-order valence-electron chi connectivity index (χ2n) is 24.1. The summed E-state index contributed by atoms with van der Waals surface area (Å²) < 4.78 is 366. The van der Waals surface area contributed by atoms with E-state index in [1.165, 1.54) is 47.0 Å². The molecule has 2 aliphatic rings. The Morgan fingerprint density at radius 2 is 1.06 bits per heavy atom. The molecule has 93 heavy (non-hydrogen) atoms. The molecule has 466 valence electrons. The molecular formula is C86H80N4OPtSi-2. The Morgan fingerprint density at radius 1 is 0.527 bits per heavy atom.